The van der Waals surface area contributed by atoms with Crippen LogP contribution in [0.2, 0.25) is 0 Å². The summed E-state index contributed by atoms with van der Waals surface area (Å²) < 4.78 is 10.4. The molecule has 2 aromatic heterocycles. The predicted molar refractivity (Wildman–Crippen MR) is 97.0 cm³/mol. The van der Waals surface area contributed by atoms with Crippen LogP contribution in [0.15, 0.2) is 60.9 Å². The van der Waals surface area contributed by atoms with Gasteiger partial charge in [0.1, 0.15) is 5.82 Å². The molecule has 2 heterocycles. The minimum atomic E-state index is -0.350. The molecule has 3 rings (SSSR count). The number of methoxy groups -OCH3 is 2. The molecular formula is C19H20N4O2. The normalized spacial score (nSPS) is 10.8. The van der Waals surface area contributed by atoms with Crippen molar-refractivity contribution in [2.24, 2.45) is 0 Å². The quantitative estimate of drug-likeness (QED) is 0.668. The lowest BCUT2D eigenvalue weighted by Crippen LogP contribution is -2.24. The van der Waals surface area contributed by atoms with Gasteiger partial charge in [0.25, 0.3) is 0 Å². The van der Waals surface area contributed by atoms with Gasteiger partial charge in [-0.05, 0) is 12.1 Å². The molecule has 3 aromatic rings. The van der Waals surface area contributed by atoms with Gasteiger partial charge in [-0.2, -0.15) is 0 Å². The lowest BCUT2D eigenvalue weighted by atomic mass is 10.1. The van der Waals surface area contributed by atoms with Crippen LogP contribution >= 0.6 is 0 Å². The van der Waals surface area contributed by atoms with Crippen LogP contribution in [-0.2, 0) is 9.47 Å². The number of anilines is 1. The van der Waals surface area contributed by atoms with Gasteiger partial charge in [-0.15, -0.1) is 0 Å². The first kappa shape index (κ1) is 17.0. The molecule has 0 aliphatic carbocycles. The number of ether oxygens (including phenoxy) is 2. The second-order valence-electron chi connectivity index (χ2n) is 5.35. The van der Waals surface area contributed by atoms with Crippen LogP contribution in [0.25, 0.3) is 22.6 Å². The Morgan fingerprint density at radius 1 is 0.960 bits per heavy atom. The van der Waals surface area contributed by atoms with Crippen LogP contribution in [0.1, 0.15) is 0 Å². The molecule has 128 valence electrons. The van der Waals surface area contributed by atoms with E-state index < -0.39 is 0 Å². The number of benzene rings is 1. The van der Waals surface area contributed by atoms with Crippen molar-refractivity contribution in [3.05, 3.63) is 60.9 Å². The average molecular weight is 336 g/mol. The van der Waals surface area contributed by atoms with Gasteiger partial charge >= 0.3 is 0 Å². The maximum Gasteiger partial charge on any atom is 0.173 e. The highest BCUT2D eigenvalue weighted by atomic mass is 16.7. The highest BCUT2D eigenvalue weighted by molar-refractivity contribution is 5.66. The third kappa shape index (κ3) is 4.37. The number of nitrogens with zero attached hydrogens (tertiary/aromatic N) is 3. The molecule has 0 aliphatic heterocycles. The summed E-state index contributed by atoms with van der Waals surface area (Å²) in [6, 6.07) is 15.6. The summed E-state index contributed by atoms with van der Waals surface area (Å²) in [5.41, 5.74) is 2.68. The van der Waals surface area contributed by atoms with E-state index >= 15 is 0 Å². The van der Waals surface area contributed by atoms with E-state index in [0.717, 1.165) is 16.8 Å². The molecule has 0 atom stereocenters. The fourth-order valence-electron chi connectivity index (χ4n) is 2.37. The van der Waals surface area contributed by atoms with Gasteiger partial charge in [-0.25, -0.2) is 9.97 Å². The van der Waals surface area contributed by atoms with Crippen molar-refractivity contribution in [3.63, 3.8) is 0 Å². The molecule has 0 unspecified atom stereocenters. The number of aromatic nitrogens is 3. The van der Waals surface area contributed by atoms with Crippen molar-refractivity contribution in [2.75, 3.05) is 26.1 Å². The van der Waals surface area contributed by atoms with Crippen molar-refractivity contribution in [2.45, 2.75) is 6.29 Å². The number of pyridine rings is 1. The van der Waals surface area contributed by atoms with Crippen LogP contribution < -0.4 is 5.32 Å². The summed E-state index contributed by atoms with van der Waals surface area (Å²) in [4.78, 5) is 13.5. The topological polar surface area (TPSA) is 69.2 Å². The zero-order chi connectivity index (χ0) is 17.5. The van der Waals surface area contributed by atoms with E-state index in [9.17, 15) is 0 Å². The minimum Gasteiger partial charge on any atom is -0.365 e. The highest BCUT2D eigenvalue weighted by Gasteiger charge is 2.10. The van der Waals surface area contributed by atoms with Crippen molar-refractivity contribution < 1.29 is 9.47 Å². The van der Waals surface area contributed by atoms with E-state index in [1.165, 1.54) is 0 Å². The molecule has 0 radical (unpaired) electrons. The Bertz CT molecular complexity index is 735. The maximum atomic E-state index is 5.21. The number of rotatable bonds is 7. The van der Waals surface area contributed by atoms with Crippen LogP contribution in [-0.4, -0.2) is 42.0 Å². The monoisotopic (exact) mass is 336 g/mol. The second kappa shape index (κ2) is 8.32. The van der Waals surface area contributed by atoms with E-state index in [-0.39, 0.29) is 6.29 Å². The summed E-state index contributed by atoms with van der Waals surface area (Å²) >= 11 is 0. The Morgan fingerprint density at radius 3 is 2.40 bits per heavy atom. The maximum absolute atomic E-state index is 5.21. The molecule has 6 nitrogen and oxygen atoms in total. The molecule has 1 N–H and O–H groups in total. The van der Waals surface area contributed by atoms with Gasteiger partial charge in [-0.3, -0.25) is 4.98 Å². The van der Waals surface area contributed by atoms with Crippen molar-refractivity contribution >= 4 is 5.82 Å². The minimum absolute atomic E-state index is 0.350. The van der Waals surface area contributed by atoms with Crippen LogP contribution in [0, 0.1) is 0 Å². The largest absolute Gasteiger partial charge is 0.365 e. The third-order valence-corrected chi connectivity index (χ3v) is 3.69. The summed E-state index contributed by atoms with van der Waals surface area (Å²) in [5, 5.41) is 3.25. The Balaban J connectivity index is 1.97. The van der Waals surface area contributed by atoms with Crippen LogP contribution in [0.3, 0.4) is 0 Å². The molecular weight excluding hydrogens is 316 g/mol. The van der Waals surface area contributed by atoms with Crippen LogP contribution in [0.5, 0.6) is 0 Å². The molecule has 0 saturated carbocycles. The smallest absolute Gasteiger partial charge is 0.173 e. The number of hydrogen-bond acceptors (Lipinski definition) is 6. The van der Waals surface area contributed by atoms with Crippen LogP contribution in [0.4, 0.5) is 5.82 Å². The van der Waals surface area contributed by atoms with Crippen molar-refractivity contribution in [3.8, 4) is 22.6 Å². The summed E-state index contributed by atoms with van der Waals surface area (Å²) in [6.45, 7) is 0.477. The van der Waals surface area contributed by atoms with Gasteiger partial charge in [0.05, 0.1) is 12.2 Å². The summed E-state index contributed by atoms with van der Waals surface area (Å²) in [5.74, 6) is 1.35. The molecule has 6 heteroatoms. The lowest BCUT2D eigenvalue weighted by molar-refractivity contribution is -0.0914. The Kier molecular flexibility index (Phi) is 5.66. The average Bonchev–Trinajstić information content (AvgIpc) is 2.70. The molecule has 0 fully saturated rings. The summed E-state index contributed by atoms with van der Waals surface area (Å²) in [7, 11) is 3.21. The Morgan fingerprint density at radius 2 is 1.72 bits per heavy atom. The van der Waals surface area contributed by atoms with E-state index in [1.54, 1.807) is 26.6 Å². The molecule has 0 saturated heterocycles. The van der Waals surface area contributed by atoms with E-state index in [4.69, 9.17) is 9.47 Å². The van der Waals surface area contributed by atoms with E-state index in [2.05, 4.69) is 20.3 Å². The van der Waals surface area contributed by atoms with E-state index in [1.807, 2.05) is 48.5 Å². The fourth-order valence-corrected chi connectivity index (χ4v) is 2.37. The first-order chi connectivity index (χ1) is 12.3. The Labute approximate surface area is 146 Å². The molecule has 0 spiro atoms. The first-order valence-corrected chi connectivity index (χ1v) is 7.94. The molecule has 0 bridgehead atoms. The van der Waals surface area contributed by atoms with Crippen molar-refractivity contribution in [1.29, 1.82) is 0 Å². The van der Waals surface area contributed by atoms with Crippen molar-refractivity contribution in [1.82, 2.24) is 15.0 Å². The van der Waals surface area contributed by atoms with Gasteiger partial charge in [-0.1, -0.05) is 30.3 Å². The molecule has 1 aromatic carbocycles. The number of hydrogen-bond donors (Lipinski definition) is 1. The zero-order valence-corrected chi connectivity index (χ0v) is 14.2. The highest BCUT2D eigenvalue weighted by Crippen LogP contribution is 2.23. The third-order valence-electron chi connectivity index (χ3n) is 3.69. The van der Waals surface area contributed by atoms with Gasteiger partial charge < -0.3 is 14.8 Å². The first-order valence-electron chi connectivity index (χ1n) is 7.94. The van der Waals surface area contributed by atoms with E-state index in [0.29, 0.717) is 18.2 Å². The molecule has 0 amide bonds. The zero-order valence-electron chi connectivity index (χ0n) is 14.2. The molecule has 25 heavy (non-hydrogen) atoms. The fraction of sp³-hybridized carbons (Fsp3) is 0.211. The van der Waals surface area contributed by atoms with Gasteiger partial charge in [0.2, 0.25) is 0 Å². The molecule has 0 aliphatic rings. The van der Waals surface area contributed by atoms with Gasteiger partial charge in [0, 0.05) is 43.8 Å². The SMILES string of the molecule is COC(CNc1cc(-c2cccnc2)nc(-c2ccccc2)n1)OC. The summed E-state index contributed by atoms with van der Waals surface area (Å²) in [6.07, 6.45) is 3.18. The second-order valence-corrected chi connectivity index (χ2v) is 5.35. The van der Waals surface area contributed by atoms with Gasteiger partial charge in [0.15, 0.2) is 12.1 Å². The number of nitrogens with one attached hydrogen (secondary N) is 1. The standard InChI is InChI=1S/C19H20N4O2/c1-24-18(25-2)13-21-17-11-16(15-9-6-10-20-12-15)22-19(23-17)14-7-4-3-5-8-14/h3-12,18H,13H2,1-2H3,(H,21,22,23). The lowest BCUT2D eigenvalue weighted by Gasteiger charge is -2.15. The predicted octanol–water partition coefficient (Wildman–Crippen LogP) is 3.24. The Hall–Kier alpha value is -2.83.